The number of amides is 1. The lowest BCUT2D eigenvalue weighted by Gasteiger charge is -2.40. The second-order valence-corrected chi connectivity index (χ2v) is 6.45. The average Bonchev–Trinajstić information content (AvgIpc) is 2.54. The van der Waals surface area contributed by atoms with Crippen molar-refractivity contribution < 1.29 is 4.79 Å². The molecule has 2 N–H and O–H groups in total. The Hall–Kier alpha value is -1.39. The van der Waals surface area contributed by atoms with Crippen molar-refractivity contribution in [3.63, 3.8) is 0 Å². The van der Waals surface area contributed by atoms with E-state index < -0.39 is 0 Å². The van der Waals surface area contributed by atoms with Gasteiger partial charge in [-0.1, -0.05) is 36.8 Å². The van der Waals surface area contributed by atoms with E-state index >= 15 is 0 Å². The Morgan fingerprint density at radius 3 is 2.68 bits per heavy atom. The molecule has 0 aliphatic carbocycles. The highest BCUT2D eigenvalue weighted by Crippen LogP contribution is 2.21. The van der Waals surface area contributed by atoms with Gasteiger partial charge < -0.3 is 10.6 Å². The minimum Gasteiger partial charge on any atom is -0.338 e. The van der Waals surface area contributed by atoms with Crippen LogP contribution in [0.4, 0.5) is 0 Å². The fourth-order valence-electron chi connectivity index (χ4n) is 3.24. The Morgan fingerprint density at radius 1 is 1.32 bits per heavy atom. The molecule has 22 heavy (non-hydrogen) atoms. The molecular formula is C18H29N3O. The van der Waals surface area contributed by atoms with Crippen LogP contribution in [0.3, 0.4) is 0 Å². The maximum absolute atomic E-state index is 12.1. The molecule has 1 aliphatic rings. The number of likely N-dealkylation sites (tertiary alicyclic amines) is 1. The largest absolute Gasteiger partial charge is 0.338 e. The van der Waals surface area contributed by atoms with Crippen molar-refractivity contribution >= 4 is 5.91 Å². The molecule has 1 heterocycles. The van der Waals surface area contributed by atoms with Gasteiger partial charge in [-0.15, -0.1) is 0 Å². The van der Waals surface area contributed by atoms with Crippen molar-refractivity contribution in [1.82, 2.24) is 9.80 Å². The standard InChI is InChI=1S/C18H29N3O/c1-15(2)21(18(22)12-19)14-17-10-6-7-11-20(17)13-16-8-4-3-5-9-16/h3-5,8-9,15,17H,6-7,10-14,19H2,1-2H3. The highest BCUT2D eigenvalue weighted by molar-refractivity contribution is 5.78. The summed E-state index contributed by atoms with van der Waals surface area (Å²) in [7, 11) is 0. The smallest absolute Gasteiger partial charge is 0.236 e. The molecular weight excluding hydrogens is 274 g/mol. The summed E-state index contributed by atoms with van der Waals surface area (Å²) in [6.07, 6.45) is 3.66. The van der Waals surface area contributed by atoms with E-state index in [0.29, 0.717) is 6.04 Å². The zero-order valence-electron chi connectivity index (χ0n) is 13.9. The molecule has 1 aliphatic heterocycles. The van der Waals surface area contributed by atoms with E-state index in [1.807, 2.05) is 4.90 Å². The first-order valence-corrected chi connectivity index (χ1v) is 8.39. The zero-order chi connectivity index (χ0) is 15.9. The molecule has 2 rings (SSSR count). The fraction of sp³-hybridized carbons (Fsp3) is 0.611. The Kier molecular flexibility index (Phi) is 6.40. The van der Waals surface area contributed by atoms with Gasteiger partial charge >= 0.3 is 0 Å². The van der Waals surface area contributed by atoms with Crippen molar-refractivity contribution in [2.24, 2.45) is 5.73 Å². The third-order valence-corrected chi connectivity index (χ3v) is 4.50. The predicted molar refractivity (Wildman–Crippen MR) is 90.4 cm³/mol. The van der Waals surface area contributed by atoms with Gasteiger partial charge in [-0.3, -0.25) is 9.69 Å². The third kappa shape index (κ3) is 4.55. The second-order valence-electron chi connectivity index (χ2n) is 6.45. The van der Waals surface area contributed by atoms with Crippen molar-refractivity contribution in [2.45, 2.75) is 51.7 Å². The lowest BCUT2D eigenvalue weighted by molar-refractivity contribution is -0.132. The normalized spacial score (nSPS) is 19.4. The van der Waals surface area contributed by atoms with E-state index in [4.69, 9.17) is 5.73 Å². The molecule has 1 amide bonds. The lowest BCUT2D eigenvalue weighted by atomic mass is 10.00. The van der Waals surface area contributed by atoms with Crippen molar-refractivity contribution in [1.29, 1.82) is 0 Å². The van der Waals surface area contributed by atoms with Gasteiger partial charge in [-0.25, -0.2) is 0 Å². The topological polar surface area (TPSA) is 49.6 Å². The average molecular weight is 303 g/mol. The monoisotopic (exact) mass is 303 g/mol. The minimum absolute atomic E-state index is 0.0558. The summed E-state index contributed by atoms with van der Waals surface area (Å²) < 4.78 is 0. The van der Waals surface area contributed by atoms with Gasteiger partial charge in [0.15, 0.2) is 0 Å². The fourth-order valence-corrected chi connectivity index (χ4v) is 3.24. The number of hydrogen-bond donors (Lipinski definition) is 1. The summed E-state index contributed by atoms with van der Waals surface area (Å²) in [4.78, 5) is 16.5. The quantitative estimate of drug-likeness (QED) is 0.877. The maximum atomic E-state index is 12.1. The van der Waals surface area contributed by atoms with Crippen LogP contribution in [0.5, 0.6) is 0 Å². The molecule has 4 heteroatoms. The highest BCUT2D eigenvalue weighted by Gasteiger charge is 2.27. The Bertz CT molecular complexity index is 461. The number of nitrogens with two attached hydrogens (primary N) is 1. The molecule has 0 saturated carbocycles. The first kappa shape index (κ1) is 17.0. The molecule has 0 radical (unpaired) electrons. The number of nitrogens with zero attached hydrogens (tertiary/aromatic N) is 2. The van der Waals surface area contributed by atoms with E-state index in [-0.39, 0.29) is 18.5 Å². The van der Waals surface area contributed by atoms with Crippen LogP contribution in [0.1, 0.15) is 38.7 Å². The van der Waals surface area contributed by atoms with E-state index in [9.17, 15) is 4.79 Å². The first-order valence-electron chi connectivity index (χ1n) is 8.39. The first-order chi connectivity index (χ1) is 10.6. The number of carbonyl (C=O) groups is 1. The maximum Gasteiger partial charge on any atom is 0.236 e. The third-order valence-electron chi connectivity index (χ3n) is 4.50. The lowest BCUT2D eigenvalue weighted by Crippen LogP contribution is -2.51. The van der Waals surface area contributed by atoms with Crippen LogP contribution in [-0.2, 0) is 11.3 Å². The summed E-state index contributed by atoms with van der Waals surface area (Å²) in [6, 6.07) is 11.2. The van der Waals surface area contributed by atoms with Crippen molar-refractivity contribution in [3.05, 3.63) is 35.9 Å². The van der Waals surface area contributed by atoms with Gasteiger partial charge in [0.2, 0.25) is 5.91 Å². The Balaban J connectivity index is 2.04. The number of carbonyl (C=O) groups excluding carboxylic acids is 1. The van der Waals surface area contributed by atoms with Gasteiger partial charge in [0.1, 0.15) is 0 Å². The summed E-state index contributed by atoms with van der Waals surface area (Å²) in [5.41, 5.74) is 6.91. The molecule has 1 unspecified atom stereocenters. The molecule has 0 aromatic heterocycles. The van der Waals surface area contributed by atoms with Crippen LogP contribution in [0.15, 0.2) is 30.3 Å². The minimum atomic E-state index is 0.0558. The van der Waals surface area contributed by atoms with Crippen LogP contribution in [0.25, 0.3) is 0 Å². The molecule has 122 valence electrons. The van der Waals surface area contributed by atoms with E-state index in [2.05, 4.69) is 49.1 Å². The Labute approximate surface area is 134 Å². The molecule has 4 nitrogen and oxygen atoms in total. The molecule has 0 bridgehead atoms. The second kappa shape index (κ2) is 8.30. The summed E-state index contributed by atoms with van der Waals surface area (Å²) in [6.45, 7) is 7.11. The van der Waals surface area contributed by atoms with Gasteiger partial charge in [0.05, 0.1) is 6.54 Å². The summed E-state index contributed by atoms with van der Waals surface area (Å²) >= 11 is 0. The molecule has 1 atom stereocenters. The zero-order valence-corrected chi connectivity index (χ0v) is 13.9. The molecule has 0 spiro atoms. The molecule has 1 aromatic carbocycles. The van der Waals surface area contributed by atoms with Crippen molar-refractivity contribution in [2.75, 3.05) is 19.6 Å². The predicted octanol–water partition coefficient (Wildman–Crippen LogP) is 2.24. The van der Waals surface area contributed by atoms with Crippen LogP contribution in [0, 0.1) is 0 Å². The van der Waals surface area contributed by atoms with Crippen molar-refractivity contribution in [3.8, 4) is 0 Å². The van der Waals surface area contributed by atoms with E-state index in [1.165, 1.54) is 18.4 Å². The SMILES string of the molecule is CC(C)N(CC1CCCCN1Cc1ccccc1)C(=O)CN. The number of piperidine rings is 1. The van der Waals surface area contributed by atoms with E-state index in [0.717, 1.165) is 26.1 Å². The summed E-state index contributed by atoms with van der Waals surface area (Å²) in [5, 5.41) is 0. The number of rotatable bonds is 6. The van der Waals surface area contributed by atoms with Crippen LogP contribution < -0.4 is 5.73 Å². The molecule has 1 saturated heterocycles. The molecule has 1 fully saturated rings. The highest BCUT2D eigenvalue weighted by atomic mass is 16.2. The Morgan fingerprint density at radius 2 is 2.05 bits per heavy atom. The van der Waals surface area contributed by atoms with Crippen LogP contribution >= 0.6 is 0 Å². The number of benzene rings is 1. The van der Waals surface area contributed by atoms with Crippen LogP contribution in [0.2, 0.25) is 0 Å². The van der Waals surface area contributed by atoms with Crippen LogP contribution in [-0.4, -0.2) is 47.4 Å². The van der Waals surface area contributed by atoms with Gasteiger partial charge in [-0.2, -0.15) is 0 Å². The van der Waals surface area contributed by atoms with Gasteiger partial charge in [0, 0.05) is 25.2 Å². The molecule has 1 aromatic rings. The summed E-state index contributed by atoms with van der Waals surface area (Å²) in [5.74, 6) is 0.0558. The van der Waals surface area contributed by atoms with Gasteiger partial charge in [0.25, 0.3) is 0 Å². The van der Waals surface area contributed by atoms with Gasteiger partial charge in [-0.05, 0) is 38.8 Å². The number of hydrogen-bond acceptors (Lipinski definition) is 3. The van der Waals surface area contributed by atoms with E-state index in [1.54, 1.807) is 0 Å².